The van der Waals surface area contributed by atoms with Crippen molar-refractivity contribution in [3.05, 3.63) is 4.91 Å². The van der Waals surface area contributed by atoms with Crippen LogP contribution in [0.15, 0.2) is 0 Å². The first-order chi connectivity index (χ1) is 4.81. The van der Waals surface area contributed by atoms with E-state index in [9.17, 15) is 4.91 Å². The van der Waals surface area contributed by atoms with Crippen LogP contribution in [-0.4, -0.2) is 17.0 Å². The third kappa shape index (κ3) is 0.805. The van der Waals surface area contributed by atoms with Crippen LogP contribution in [0.4, 0.5) is 0 Å². The van der Waals surface area contributed by atoms with Gasteiger partial charge in [0.15, 0.2) is 0 Å². The summed E-state index contributed by atoms with van der Waals surface area (Å²) in [5, 5.41) is 0. The van der Waals surface area contributed by atoms with E-state index in [1.165, 1.54) is 25.7 Å². The lowest BCUT2D eigenvalue weighted by Gasteiger charge is -2.14. The van der Waals surface area contributed by atoms with Crippen molar-refractivity contribution in [1.82, 2.24) is 5.43 Å². The predicted octanol–water partition coefficient (Wildman–Crippen LogP) is 0.986. The molecule has 2 aliphatic rings. The Kier molecular flexibility index (Phi) is 1.19. The van der Waals surface area contributed by atoms with E-state index in [0.717, 1.165) is 11.3 Å². The third-order valence-corrected chi connectivity index (χ3v) is 2.72. The first-order valence-corrected chi connectivity index (χ1v) is 4.03. The van der Waals surface area contributed by atoms with E-state index < -0.39 is 0 Å². The van der Waals surface area contributed by atoms with Gasteiger partial charge in [-0.2, -0.15) is 0 Å². The Hall–Kier alpha value is -0.600. The van der Waals surface area contributed by atoms with E-state index in [1.54, 1.807) is 0 Å². The standard InChI is InChI=1S/C7H13N2O/c10-9-6-5-7(8-9)3-1-2-4-7/h1-6H2,(H,8,10)/q+1. The molecule has 0 unspecified atom stereocenters. The van der Waals surface area contributed by atoms with Crippen LogP contribution in [0, 0.1) is 4.91 Å². The molecule has 0 aromatic rings. The average molecular weight is 141 g/mol. The van der Waals surface area contributed by atoms with Gasteiger partial charge in [0.2, 0.25) is 6.54 Å². The van der Waals surface area contributed by atoms with Crippen LogP contribution in [0.3, 0.4) is 0 Å². The maximum absolute atomic E-state index is 10.8. The van der Waals surface area contributed by atoms with Crippen molar-refractivity contribution in [2.75, 3.05) is 6.54 Å². The van der Waals surface area contributed by atoms with Gasteiger partial charge < -0.3 is 0 Å². The minimum absolute atomic E-state index is 0.224. The Labute approximate surface area is 60.3 Å². The lowest BCUT2D eigenvalue weighted by Crippen LogP contribution is -2.38. The van der Waals surface area contributed by atoms with Gasteiger partial charge in [-0.05, 0) is 12.8 Å². The Balaban J connectivity index is 2.09. The summed E-state index contributed by atoms with van der Waals surface area (Å²) in [4.78, 5) is 11.8. The molecule has 0 aromatic heterocycles. The van der Waals surface area contributed by atoms with E-state index in [0.29, 0.717) is 6.54 Å². The molecule has 1 aliphatic carbocycles. The van der Waals surface area contributed by atoms with Gasteiger partial charge >= 0.3 is 0 Å². The van der Waals surface area contributed by atoms with Crippen LogP contribution in [-0.2, 0) is 0 Å². The van der Waals surface area contributed by atoms with Crippen molar-refractivity contribution >= 4 is 0 Å². The summed E-state index contributed by atoms with van der Waals surface area (Å²) in [6.07, 6.45) is 6.04. The lowest BCUT2D eigenvalue weighted by molar-refractivity contribution is -0.592. The van der Waals surface area contributed by atoms with Crippen LogP contribution >= 0.6 is 0 Å². The van der Waals surface area contributed by atoms with E-state index in [-0.39, 0.29) is 5.54 Å². The first kappa shape index (κ1) is 6.13. The second kappa shape index (κ2) is 1.94. The molecule has 0 atom stereocenters. The highest BCUT2D eigenvalue weighted by Crippen LogP contribution is 2.34. The SMILES string of the molecule is O=[N+]1CCC2(CCCC2)N1. The monoisotopic (exact) mass is 141 g/mol. The largest absolute Gasteiger partial charge is 0.227 e. The molecule has 1 heterocycles. The summed E-state index contributed by atoms with van der Waals surface area (Å²) in [6.45, 7) is 0.681. The molecule has 0 amide bonds. The average Bonchev–Trinajstić information content (AvgIpc) is 2.46. The first-order valence-electron chi connectivity index (χ1n) is 4.03. The molecule has 56 valence electrons. The van der Waals surface area contributed by atoms with E-state index in [4.69, 9.17) is 0 Å². The normalized spacial score (nSPS) is 29.4. The number of hydrazine groups is 1. The Morgan fingerprint density at radius 2 is 1.90 bits per heavy atom. The summed E-state index contributed by atoms with van der Waals surface area (Å²) in [6, 6.07) is 0. The molecule has 0 bridgehead atoms. The summed E-state index contributed by atoms with van der Waals surface area (Å²) in [5.41, 5.74) is 3.23. The summed E-state index contributed by atoms with van der Waals surface area (Å²) >= 11 is 0. The summed E-state index contributed by atoms with van der Waals surface area (Å²) < 4.78 is 0. The van der Waals surface area contributed by atoms with Crippen molar-refractivity contribution in [3.63, 3.8) is 0 Å². The van der Waals surface area contributed by atoms with Gasteiger partial charge in [-0.15, -0.1) is 5.43 Å². The number of nitrogens with zero attached hydrogens (tertiary/aromatic N) is 1. The topological polar surface area (TPSA) is 32.1 Å². The van der Waals surface area contributed by atoms with E-state index >= 15 is 0 Å². The van der Waals surface area contributed by atoms with Crippen LogP contribution in [0.25, 0.3) is 0 Å². The molecule has 2 fully saturated rings. The zero-order valence-electron chi connectivity index (χ0n) is 6.10. The Morgan fingerprint density at radius 1 is 1.20 bits per heavy atom. The second-order valence-electron chi connectivity index (χ2n) is 3.45. The van der Waals surface area contributed by atoms with Crippen LogP contribution < -0.4 is 5.43 Å². The molecule has 2 rings (SSSR count). The Morgan fingerprint density at radius 3 is 2.40 bits per heavy atom. The molecule has 10 heavy (non-hydrogen) atoms. The highest BCUT2D eigenvalue weighted by molar-refractivity contribution is 4.91. The fourth-order valence-electron chi connectivity index (χ4n) is 2.11. The van der Waals surface area contributed by atoms with Crippen LogP contribution in [0.5, 0.6) is 0 Å². The van der Waals surface area contributed by atoms with Crippen molar-refractivity contribution in [3.8, 4) is 0 Å². The van der Waals surface area contributed by atoms with Gasteiger partial charge in [0.25, 0.3) is 0 Å². The second-order valence-corrected chi connectivity index (χ2v) is 3.45. The predicted molar refractivity (Wildman–Crippen MR) is 37.4 cm³/mol. The maximum Gasteiger partial charge on any atom is 0.227 e. The van der Waals surface area contributed by atoms with Crippen molar-refractivity contribution in [2.24, 2.45) is 0 Å². The third-order valence-electron chi connectivity index (χ3n) is 2.72. The maximum atomic E-state index is 10.8. The smallest absolute Gasteiger partial charge is 0.147 e. The molecule has 1 saturated carbocycles. The Bertz CT molecular complexity index is 161. The molecule has 3 nitrogen and oxygen atoms in total. The van der Waals surface area contributed by atoms with Gasteiger partial charge in [-0.25, -0.2) is 0 Å². The minimum Gasteiger partial charge on any atom is -0.147 e. The molecule has 1 saturated heterocycles. The van der Waals surface area contributed by atoms with Crippen molar-refractivity contribution in [1.29, 1.82) is 0 Å². The fourth-order valence-corrected chi connectivity index (χ4v) is 2.11. The number of rotatable bonds is 0. The van der Waals surface area contributed by atoms with E-state index in [2.05, 4.69) is 5.43 Å². The number of hydrogen-bond donors (Lipinski definition) is 1. The summed E-state index contributed by atoms with van der Waals surface area (Å²) in [5.74, 6) is 0. The molecular weight excluding hydrogens is 128 g/mol. The van der Waals surface area contributed by atoms with Crippen LogP contribution in [0.1, 0.15) is 32.1 Å². The molecule has 1 N–H and O–H groups in total. The van der Waals surface area contributed by atoms with Gasteiger partial charge in [0, 0.05) is 6.42 Å². The minimum atomic E-state index is 0.224. The molecule has 1 aliphatic heterocycles. The molecular formula is C7H13N2O+. The molecule has 0 radical (unpaired) electrons. The zero-order chi connectivity index (χ0) is 7.03. The highest BCUT2D eigenvalue weighted by Gasteiger charge is 2.45. The van der Waals surface area contributed by atoms with Gasteiger partial charge in [0.1, 0.15) is 10.4 Å². The van der Waals surface area contributed by atoms with Gasteiger partial charge in [0.05, 0.1) is 4.91 Å². The molecule has 3 heteroatoms. The van der Waals surface area contributed by atoms with Crippen molar-refractivity contribution < 1.29 is 4.87 Å². The molecule has 1 spiro atoms. The zero-order valence-corrected chi connectivity index (χ0v) is 6.10. The van der Waals surface area contributed by atoms with Crippen LogP contribution in [0.2, 0.25) is 0 Å². The van der Waals surface area contributed by atoms with E-state index in [1.807, 2.05) is 0 Å². The van der Waals surface area contributed by atoms with Gasteiger partial charge in [-0.1, -0.05) is 12.8 Å². The summed E-state index contributed by atoms with van der Waals surface area (Å²) in [7, 11) is 0. The van der Waals surface area contributed by atoms with Gasteiger partial charge in [-0.3, -0.25) is 0 Å². The lowest BCUT2D eigenvalue weighted by atomic mass is 9.96. The number of nitrogens with one attached hydrogen (secondary N) is 1. The fraction of sp³-hybridized carbons (Fsp3) is 1.00. The number of nitroso groups, excluding NO2 is 1. The quantitative estimate of drug-likeness (QED) is 0.510. The molecule has 0 aromatic carbocycles. The highest BCUT2D eigenvalue weighted by atomic mass is 16.3. The number of hydrogen-bond acceptors (Lipinski definition) is 1. The van der Waals surface area contributed by atoms with Crippen molar-refractivity contribution in [2.45, 2.75) is 37.6 Å².